The van der Waals surface area contributed by atoms with E-state index in [4.69, 9.17) is 0 Å². The second-order valence-corrected chi connectivity index (χ2v) is 8.67. The van der Waals surface area contributed by atoms with Crippen LogP contribution >= 0.6 is 15.9 Å². The third-order valence-corrected chi connectivity index (χ3v) is 5.68. The SMILES string of the molecule is CC1CC(C)CN(CCNC(=O)CCN2C(=O)c3ccc(Br)cc3C2=O)C1. The van der Waals surface area contributed by atoms with Gasteiger partial charge in [0, 0.05) is 43.6 Å². The van der Waals surface area contributed by atoms with E-state index in [1.54, 1.807) is 18.2 Å². The van der Waals surface area contributed by atoms with Crippen molar-refractivity contribution in [1.82, 2.24) is 15.1 Å². The van der Waals surface area contributed by atoms with Crippen LogP contribution in [0.3, 0.4) is 0 Å². The largest absolute Gasteiger partial charge is 0.355 e. The third kappa shape index (κ3) is 4.76. The Morgan fingerprint density at radius 2 is 1.78 bits per heavy atom. The monoisotopic (exact) mass is 435 g/mol. The van der Waals surface area contributed by atoms with Gasteiger partial charge in [-0.2, -0.15) is 0 Å². The van der Waals surface area contributed by atoms with Crippen molar-refractivity contribution in [2.24, 2.45) is 11.8 Å². The van der Waals surface area contributed by atoms with Crippen LogP contribution in [-0.4, -0.2) is 60.2 Å². The smallest absolute Gasteiger partial charge is 0.261 e. The molecule has 0 bridgehead atoms. The van der Waals surface area contributed by atoms with E-state index in [1.165, 1.54) is 6.42 Å². The average molecular weight is 436 g/mol. The van der Waals surface area contributed by atoms with Crippen molar-refractivity contribution in [1.29, 1.82) is 0 Å². The summed E-state index contributed by atoms with van der Waals surface area (Å²) < 4.78 is 0.753. The summed E-state index contributed by atoms with van der Waals surface area (Å²) in [6.07, 6.45) is 1.39. The lowest BCUT2D eigenvalue weighted by Crippen LogP contribution is -2.43. The number of benzene rings is 1. The predicted octanol–water partition coefficient (Wildman–Crippen LogP) is 2.53. The first-order chi connectivity index (χ1) is 12.8. The van der Waals surface area contributed by atoms with Gasteiger partial charge in [-0.05, 0) is 36.5 Å². The molecule has 1 aromatic rings. The molecule has 1 aromatic carbocycles. The van der Waals surface area contributed by atoms with Gasteiger partial charge in [-0.25, -0.2) is 0 Å². The fourth-order valence-electron chi connectivity index (χ4n) is 4.10. The van der Waals surface area contributed by atoms with Crippen molar-refractivity contribution in [3.63, 3.8) is 0 Å². The number of hydrogen-bond acceptors (Lipinski definition) is 4. The van der Waals surface area contributed by atoms with Gasteiger partial charge in [0.1, 0.15) is 0 Å². The standard InChI is InChI=1S/C20H26BrN3O3/c1-13-9-14(2)12-23(11-13)8-6-22-18(25)5-7-24-19(26)16-4-3-15(21)10-17(16)20(24)27/h3-4,10,13-14H,5-9,11-12H2,1-2H3,(H,22,25). The lowest BCUT2D eigenvalue weighted by atomic mass is 9.92. The van der Waals surface area contributed by atoms with Crippen molar-refractivity contribution in [2.75, 3.05) is 32.7 Å². The maximum Gasteiger partial charge on any atom is 0.261 e. The van der Waals surface area contributed by atoms with Gasteiger partial charge in [0.05, 0.1) is 11.1 Å². The maximum atomic E-state index is 12.4. The minimum atomic E-state index is -0.333. The molecule has 7 heteroatoms. The van der Waals surface area contributed by atoms with Crippen LogP contribution in [0.4, 0.5) is 0 Å². The summed E-state index contributed by atoms with van der Waals surface area (Å²) in [7, 11) is 0. The first-order valence-electron chi connectivity index (χ1n) is 9.50. The van der Waals surface area contributed by atoms with Crippen LogP contribution in [0, 0.1) is 11.8 Å². The maximum absolute atomic E-state index is 12.4. The summed E-state index contributed by atoms with van der Waals surface area (Å²) in [5.74, 6) is 0.592. The zero-order chi connectivity index (χ0) is 19.6. The molecule has 3 rings (SSSR count). The molecule has 1 fully saturated rings. The van der Waals surface area contributed by atoms with Crippen molar-refractivity contribution in [2.45, 2.75) is 26.7 Å². The highest BCUT2D eigenvalue weighted by Crippen LogP contribution is 2.26. The Morgan fingerprint density at radius 3 is 2.48 bits per heavy atom. The molecule has 2 unspecified atom stereocenters. The van der Waals surface area contributed by atoms with Crippen molar-refractivity contribution < 1.29 is 14.4 Å². The molecule has 2 aliphatic rings. The molecular formula is C20H26BrN3O3. The number of piperidine rings is 1. The van der Waals surface area contributed by atoms with Crippen LogP contribution in [-0.2, 0) is 4.79 Å². The highest BCUT2D eigenvalue weighted by Gasteiger charge is 2.35. The Balaban J connectivity index is 1.43. The number of amides is 3. The van der Waals surface area contributed by atoms with Gasteiger partial charge in [-0.15, -0.1) is 0 Å². The number of halogens is 1. The van der Waals surface area contributed by atoms with E-state index in [2.05, 4.69) is 40.0 Å². The Morgan fingerprint density at radius 1 is 1.11 bits per heavy atom. The van der Waals surface area contributed by atoms with Crippen molar-refractivity contribution in [3.8, 4) is 0 Å². The molecule has 1 saturated heterocycles. The van der Waals surface area contributed by atoms with Crippen LogP contribution in [0.1, 0.15) is 47.4 Å². The van der Waals surface area contributed by atoms with Crippen molar-refractivity contribution >= 4 is 33.7 Å². The number of fused-ring (bicyclic) bond motifs is 1. The number of nitrogens with zero attached hydrogens (tertiary/aromatic N) is 2. The Bertz CT molecular complexity index is 742. The number of carbonyl (C=O) groups is 3. The highest BCUT2D eigenvalue weighted by molar-refractivity contribution is 9.10. The Kier molecular flexibility index (Phi) is 6.32. The lowest BCUT2D eigenvalue weighted by molar-refractivity contribution is -0.121. The zero-order valence-corrected chi connectivity index (χ0v) is 17.4. The summed E-state index contributed by atoms with van der Waals surface area (Å²) in [5.41, 5.74) is 0.792. The predicted molar refractivity (Wildman–Crippen MR) is 107 cm³/mol. The molecule has 2 atom stereocenters. The van der Waals surface area contributed by atoms with Crippen LogP contribution in [0.5, 0.6) is 0 Å². The van der Waals surface area contributed by atoms with Gasteiger partial charge in [-0.1, -0.05) is 29.8 Å². The van der Waals surface area contributed by atoms with Crippen LogP contribution in [0.15, 0.2) is 22.7 Å². The second-order valence-electron chi connectivity index (χ2n) is 7.76. The number of rotatable bonds is 6. The topological polar surface area (TPSA) is 69.7 Å². The van der Waals surface area contributed by atoms with E-state index < -0.39 is 0 Å². The Labute approximate surface area is 168 Å². The number of carbonyl (C=O) groups excluding carboxylic acids is 3. The Hall–Kier alpha value is -1.73. The number of imide groups is 1. The number of hydrogen-bond donors (Lipinski definition) is 1. The molecule has 146 valence electrons. The molecule has 0 aromatic heterocycles. The molecule has 0 spiro atoms. The molecular weight excluding hydrogens is 410 g/mol. The van der Waals surface area contributed by atoms with Crippen LogP contribution < -0.4 is 5.32 Å². The lowest BCUT2D eigenvalue weighted by Gasteiger charge is -2.34. The van der Waals surface area contributed by atoms with Gasteiger partial charge in [0.25, 0.3) is 11.8 Å². The first-order valence-corrected chi connectivity index (χ1v) is 10.3. The third-order valence-electron chi connectivity index (χ3n) is 5.19. The minimum absolute atomic E-state index is 0.105. The molecule has 0 aliphatic carbocycles. The minimum Gasteiger partial charge on any atom is -0.355 e. The van der Waals surface area contributed by atoms with Crippen molar-refractivity contribution in [3.05, 3.63) is 33.8 Å². The molecule has 3 amide bonds. The average Bonchev–Trinajstić information content (AvgIpc) is 2.82. The number of likely N-dealkylation sites (tertiary alicyclic amines) is 1. The van der Waals surface area contributed by atoms with Gasteiger partial charge in [-0.3, -0.25) is 19.3 Å². The molecule has 2 aliphatic heterocycles. The summed E-state index contributed by atoms with van der Waals surface area (Å²) in [4.78, 5) is 40.4. The van der Waals surface area contributed by atoms with Gasteiger partial charge < -0.3 is 10.2 Å². The second kappa shape index (κ2) is 8.52. The van der Waals surface area contributed by atoms with Gasteiger partial charge >= 0.3 is 0 Å². The molecule has 2 heterocycles. The van der Waals surface area contributed by atoms with E-state index in [0.717, 1.165) is 29.0 Å². The van der Waals surface area contributed by atoms with Crippen LogP contribution in [0.25, 0.3) is 0 Å². The van der Waals surface area contributed by atoms with E-state index in [-0.39, 0.29) is 30.7 Å². The van der Waals surface area contributed by atoms with E-state index >= 15 is 0 Å². The van der Waals surface area contributed by atoms with E-state index in [0.29, 0.717) is 29.5 Å². The normalized spacial score (nSPS) is 22.9. The van der Waals surface area contributed by atoms with Gasteiger partial charge in [0.2, 0.25) is 5.91 Å². The fraction of sp³-hybridized carbons (Fsp3) is 0.550. The van der Waals surface area contributed by atoms with Crippen LogP contribution in [0.2, 0.25) is 0 Å². The fourth-order valence-corrected chi connectivity index (χ4v) is 4.46. The molecule has 0 radical (unpaired) electrons. The number of nitrogens with one attached hydrogen (secondary N) is 1. The summed E-state index contributed by atoms with van der Waals surface area (Å²) >= 11 is 3.31. The summed E-state index contributed by atoms with van der Waals surface area (Å²) in [5, 5.41) is 2.91. The van der Waals surface area contributed by atoms with E-state index in [9.17, 15) is 14.4 Å². The molecule has 1 N–H and O–H groups in total. The molecule has 27 heavy (non-hydrogen) atoms. The first kappa shape index (κ1) is 20.0. The molecule has 6 nitrogen and oxygen atoms in total. The highest BCUT2D eigenvalue weighted by atomic mass is 79.9. The molecule has 0 saturated carbocycles. The van der Waals surface area contributed by atoms with E-state index in [1.807, 2.05) is 0 Å². The summed E-state index contributed by atoms with van der Waals surface area (Å²) in [6, 6.07) is 5.03. The van der Waals surface area contributed by atoms with Gasteiger partial charge in [0.15, 0.2) is 0 Å². The zero-order valence-electron chi connectivity index (χ0n) is 15.8. The quantitative estimate of drug-likeness (QED) is 0.696. The summed E-state index contributed by atoms with van der Waals surface area (Å²) in [6.45, 7) is 8.21.